The number of hydrogen-bond acceptors (Lipinski definition) is 9. The van der Waals surface area contributed by atoms with Gasteiger partial charge in [0, 0.05) is 58.3 Å². The minimum atomic E-state index is -0.903. The number of hydrogen-bond donors (Lipinski definition) is 5. The molecule has 10 nitrogen and oxygen atoms in total. The lowest BCUT2D eigenvalue weighted by atomic mass is 9.89. The number of alkyl carbamates (subject to hydrolysis) is 1. The normalized spacial score (nSPS) is 25.6. The molecule has 0 aromatic heterocycles. The lowest BCUT2D eigenvalue weighted by Crippen LogP contribution is -2.52. The van der Waals surface area contributed by atoms with Crippen molar-refractivity contribution >= 4 is 11.8 Å². The van der Waals surface area contributed by atoms with Crippen molar-refractivity contribution in [2.24, 2.45) is 11.8 Å². The molecule has 0 aliphatic carbocycles. The molecular formula is C30H43FN6O4. The molecule has 5 rings (SSSR count). The van der Waals surface area contributed by atoms with Gasteiger partial charge in [0.1, 0.15) is 24.4 Å². The Balaban J connectivity index is 1.16. The van der Waals surface area contributed by atoms with Crippen LogP contribution >= 0.6 is 0 Å². The van der Waals surface area contributed by atoms with Gasteiger partial charge in [-0.3, -0.25) is 16.1 Å². The van der Waals surface area contributed by atoms with Crippen LogP contribution in [0.3, 0.4) is 0 Å². The molecule has 0 spiro atoms. The molecule has 3 aliphatic rings. The van der Waals surface area contributed by atoms with Crippen LogP contribution < -0.4 is 21.4 Å². The van der Waals surface area contributed by atoms with Gasteiger partial charge in [0.15, 0.2) is 0 Å². The highest BCUT2D eigenvalue weighted by atomic mass is 19.1. The predicted molar refractivity (Wildman–Crippen MR) is 154 cm³/mol. The number of nitrogens with zero attached hydrogens (tertiary/aromatic N) is 3. The van der Waals surface area contributed by atoms with Gasteiger partial charge in [0.05, 0.1) is 5.69 Å². The Hall–Kier alpha value is -2.80. The van der Waals surface area contributed by atoms with Crippen LogP contribution in [0.15, 0.2) is 48.5 Å². The summed E-state index contributed by atoms with van der Waals surface area (Å²) >= 11 is 0. The van der Waals surface area contributed by atoms with Gasteiger partial charge in [0.25, 0.3) is 0 Å². The number of nitrogens with one attached hydrogen (secondary N) is 2. The second-order valence-corrected chi connectivity index (χ2v) is 11.5. The molecule has 3 fully saturated rings. The Bertz CT molecular complexity index is 1130. The number of piperidine rings is 2. The van der Waals surface area contributed by atoms with Crippen LogP contribution in [0.1, 0.15) is 42.7 Å². The van der Waals surface area contributed by atoms with Gasteiger partial charge in [-0.1, -0.05) is 36.4 Å². The summed E-state index contributed by atoms with van der Waals surface area (Å²) in [4.78, 5) is 17.1. The topological polar surface area (TPSA) is 127 Å². The van der Waals surface area contributed by atoms with Crippen molar-refractivity contribution in [1.82, 2.24) is 20.5 Å². The van der Waals surface area contributed by atoms with Crippen LogP contribution in [-0.4, -0.2) is 90.6 Å². The third kappa shape index (κ3) is 7.94. The van der Waals surface area contributed by atoms with E-state index >= 15 is 4.39 Å². The first kappa shape index (κ1) is 29.7. The maximum absolute atomic E-state index is 15.2. The number of aliphatic hydroxyl groups is 2. The smallest absolute Gasteiger partial charge is 0.407 e. The number of carbonyl (C=O) groups is 1. The third-order valence-corrected chi connectivity index (χ3v) is 8.68. The first-order chi connectivity index (χ1) is 19.9. The lowest BCUT2D eigenvalue weighted by molar-refractivity contribution is -0.0101. The van der Waals surface area contributed by atoms with Crippen molar-refractivity contribution in [2.45, 2.75) is 56.7 Å². The van der Waals surface area contributed by atoms with E-state index in [9.17, 15) is 15.0 Å². The number of rotatable bonds is 8. The number of halogens is 1. The van der Waals surface area contributed by atoms with Crippen molar-refractivity contribution in [2.75, 3.05) is 50.7 Å². The number of carbonyl (C=O) groups excluding carboxylic acids is 1. The highest BCUT2D eigenvalue weighted by molar-refractivity contribution is 5.67. The summed E-state index contributed by atoms with van der Waals surface area (Å²) in [7, 11) is 0. The summed E-state index contributed by atoms with van der Waals surface area (Å²) < 4.78 is 21.2. The van der Waals surface area contributed by atoms with E-state index in [1.54, 1.807) is 6.07 Å². The van der Waals surface area contributed by atoms with Crippen molar-refractivity contribution < 1.29 is 24.1 Å². The number of amides is 1. The summed E-state index contributed by atoms with van der Waals surface area (Å²) in [5.41, 5.74) is 2.29. The fraction of sp³-hybridized carbons (Fsp3) is 0.567. The Morgan fingerprint density at radius 2 is 1.76 bits per heavy atom. The molecule has 4 atom stereocenters. The highest BCUT2D eigenvalue weighted by Crippen LogP contribution is 2.32. The fourth-order valence-corrected chi connectivity index (χ4v) is 6.20. The molecule has 2 aromatic carbocycles. The summed E-state index contributed by atoms with van der Waals surface area (Å²) in [6.45, 7) is 5.35. The number of anilines is 1. The first-order valence-corrected chi connectivity index (χ1v) is 14.7. The van der Waals surface area contributed by atoms with Crippen LogP contribution in [0, 0.1) is 11.7 Å². The number of piperazine rings is 1. The number of benzene rings is 2. The molecule has 3 aliphatic heterocycles. The van der Waals surface area contributed by atoms with E-state index in [0.717, 1.165) is 50.1 Å². The van der Waals surface area contributed by atoms with Crippen LogP contribution in [0.4, 0.5) is 14.9 Å². The maximum Gasteiger partial charge on any atom is 0.407 e. The highest BCUT2D eigenvalue weighted by Gasteiger charge is 2.32. The average Bonchev–Trinajstić information content (AvgIpc) is 2.97. The van der Waals surface area contributed by atoms with Crippen LogP contribution in [0.25, 0.3) is 0 Å². The molecule has 3 heterocycles. The van der Waals surface area contributed by atoms with Gasteiger partial charge in [-0.2, -0.15) is 0 Å². The van der Waals surface area contributed by atoms with Crippen molar-refractivity contribution in [3.8, 4) is 0 Å². The third-order valence-electron chi connectivity index (χ3n) is 8.68. The first-order valence-electron chi connectivity index (χ1n) is 14.7. The van der Waals surface area contributed by atoms with Gasteiger partial charge in [-0.05, 0) is 54.9 Å². The van der Waals surface area contributed by atoms with Crippen LogP contribution in [0.2, 0.25) is 0 Å². The molecule has 6 N–H and O–H groups in total. The molecule has 1 amide bonds. The Morgan fingerprint density at radius 1 is 1.02 bits per heavy atom. The molecular weight excluding hydrogens is 527 g/mol. The van der Waals surface area contributed by atoms with Gasteiger partial charge >= 0.3 is 6.09 Å². The second-order valence-electron chi connectivity index (χ2n) is 11.5. The monoisotopic (exact) mass is 570 g/mol. The number of aliphatic hydroxyl groups excluding tert-OH is 2. The summed E-state index contributed by atoms with van der Waals surface area (Å²) in [5, 5.41) is 27.4. The van der Waals surface area contributed by atoms with Crippen LogP contribution in [-0.2, 0) is 11.3 Å². The number of ether oxygens (including phenoxy) is 1. The molecule has 3 saturated heterocycles. The molecule has 0 bridgehead atoms. The van der Waals surface area contributed by atoms with Crippen LogP contribution in [0.5, 0.6) is 0 Å². The van der Waals surface area contributed by atoms with E-state index in [-0.39, 0.29) is 23.8 Å². The van der Waals surface area contributed by atoms with Gasteiger partial charge in [0.2, 0.25) is 0 Å². The van der Waals surface area contributed by atoms with Gasteiger partial charge < -0.3 is 25.2 Å². The Kier molecular flexibility index (Phi) is 10.1. The SMILES string of the molecule is NN1CCC(C(CN2CCN(c3ccc(C4CCC(O)NC4O)cc3F)CC2)OC(=O)NCc2ccccc2)CC1. The molecule has 4 unspecified atom stereocenters. The van der Waals surface area contributed by atoms with Gasteiger partial charge in [-0.25, -0.2) is 14.2 Å². The maximum atomic E-state index is 15.2. The zero-order valence-corrected chi connectivity index (χ0v) is 23.5. The van der Waals surface area contributed by atoms with E-state index in [0.29, 0.717) is 44.7 Å². The van der Waals surface area contributed by atoms with E-state index < -0.39 is 18.5 Å². The van der Waals surface area contributed by atoms with Crippen molar-refractivity contribution in [3.05, 3.63) is 65.5 Å². The molecule has 2 aromatic rings. The molecule has 0 radical (unpaired) electrons. The summed E-state index contributed by atoms with van der Waals surface area (Å²) in [6, 6.07) is 14.9. The predicted octanol–water partition coefficient (Wildman–Crippen LogP) is 1.93. The lowest BCUT2D eigenvalue weighted by Gasteiger charge is -2.40. The summed E-state index contributed by atoms with van der Waals surface area (Å²) in [5.74, 6) is 5.65. The van der Waals surface area contributed by atoms with Crippen molar-refractivity contribution in [1.29, 1.82) is 0 Å². The number of hydrazine groups is 1. The minimum Gasteiger partial charge on any atom is -0.445 e. The standard InChI is InChI=1S/C30H43FN6O4/c31-25-18-23(24-7-9-28(38)34-29(24)39)6-8-26(25)36-16-14-35(15-17-36)20-27(22-10-12-37(32)13-11-22)41-30(40)33-19-21-4-2-1-3-5-21/h1-6,8,18,22,24,27-29,34,38-39H,7,9-17,19-20,32H2,(H,33,40). The second kappa shape index (κ2) is 13.9. The Labute approximate surface area is 241 Å². The average molecular weight is 571 g/mol. The fourth-order valence-electron chi connectivity index (χ4n) is 6.20. The summed E-state index contributed by atoms with van der Waals surface area (Å²) in [6.07, 6.45) is 0.536. The minimum absolute atomic E-state index is 0.228. The molecule has 0 saturated carbocycles. The molecule has 11 heteroatoms. The zero-order valence-electron chi connectivity index (χ0n) is 23.5. The molecule has 41 heavy (non-hydrogen) atoms. The van der Waals surface area contributed by atoms with Crippen molar-refractivity contribution in [3.63, 3.8) is 0 Å². The quantitative estimate of drug-likeness (QED) is 0.303. The number of nitrogens with two attached hydrogens (primary N) is 1. The van der Waals surface area contributed by atoms with E-state index in [4.69, 9.17) is 10.6 Å². The largest absolute Gasteiger partial charge is 0.445 e. The zero-order chi connectivity index (χ0) is 28.8. The van der Waals surface area contributed by atoms with E-state index in [1.807, 2.05) is 46.3 Å². The van der Waals surface area contributed by atoms with E-state index in [1.165, 1.54) is 6.07 Å². The molecule has 224 valence electrons. The Morgan fingerprint density at radius 3 is 2.44 bits per heavy atom. The van der Waals surface area contributed by atoms with E-state index in [2.05, 4.69) is 15.5 Å². The van der Waals surface area contributed by atoms with Gasteiger partial charge in [-0.15, -0.1) is 0 Å².